The molecule has 0 bridgehead atoms. The van der Waals surface area contributed by atoms with Crippen molar-refractivity contribution in [3.05, 3.63) is 60.4 Å². The van der Waals surface area contributed by atoms with Crippen molar-refractivity contribution in [1.82, 2.24) is 4.98 Å². The monoisotopic (exact) mass is 407 g/mol. The van der Waals surface area contributed by atoms with Crippen molar-refractivity contribution >= 4 is 38.8 Å². The first-order valence-corrected chi connectivity index (χ1v) is 9.65. The number of pyridine rings is 1. The number of fused-ring (bicyclic) bond motifs is 4. The molecule has 0 radical (unpaired) electrons. The highest BCUT2D eigenvalue weighted by Gasteiger charge is 2.23. The Balaban J connectivity index is 2.24. The molecule has 0 aliphatic heterocycles. The van der Waals surface area contributed by atoms with Crippen LogP contribution in [0.5, 0.6) is 0 Å². The van der Waals surface area contributed by atoms with Crippen molar-refractivity contribution in [3.8, 4) is 0 Å². The summed E-state index contributed by atoms with van der Waals surface area (Å²) in [4.78, 5) is 42.7. The molecule has 0 atom stereocenters. The minimum Gasteiger partial charge on any atom is -0.462 e. The smallest absolute Gasteiger partial charge is 0.346 e. The van der Waals surface area contributed by atoms with Gasteiger partial charge in [0.1, 0.15) is 16.9 Å². The summed E-state index contributed by atoms with van der Waals surface area (Å²) in [6.45, 7) is 10.5. The molecular formula is C23H21NO6. The number of aromatic nitrogens is 1. The molecule has 0 N–H and O–H groups in total. The van der Waals surface area contributed by atoms with Gasteiger partial charge in [-0.15, -0.1) is 0 Å². The van der Waals surface area contributed by atoms with Crippen molar-refractivity contribution in [2.45, 2.75) is 41.5 Å². The van der Waals surface area contributed by atoms with E-state index in [1.807, 2.05) is 0 Å². The van der Waals surface area contributed by atoms with Crippen LogP contribution >= 0.6 is 0 Å². The number of ether oxygens (including phenoxy) is 1. The van der Waals surface area contributed by atoms with Crippen LogP contribution in [0.2, 0.25) is 0 Å². The van der Waals surface area contributed by atoms with Crippen molar-refractivity contribution in [1.29, 1.82) is 0 Å². The van der Waals surface area contributed by atoms with Gasteiger partial charge in [0.25, 0.3) is 0 Å². The average Bonchev–Trinajstić information content (AvgIpc) is 2.68. The first-order chi connectivity index (χ1) is 14.2. The number of aryl methyl sites for hydroxylation is 4. The highest BCUT2D eigenvalue weighted by Crippen LogP contribution is 2.32. The van der Waals surface area contributed by atoms with Gasteiger partial charge in [0, 0.05) is 16.5 Å². The van der Waals surface area contributed by atoms with E-state index in [4.69, 9.17) is 13.6 Å². The lowest BCUT2D eigenvalue weighted by molar-refractivity contribution is 0.0524. The van der Waals surface area contributed by atoms with Gasteiger partial charge in [-0.1, -0.05) is 0 Å². The normalized spacial score (nSPS) is 11.5. The third-order valence-electron chi connectivity index (χ3n) is 5.59. The summed E-state index contributed by atoms with van der Waals surface area (Å²) in [7, 11) is 0. The lowest BCUT2D eigenvalue weighted by Crippen LogP contribution is -2.14. The van der Waals surface area contributed by atoms with Crippen LogP contribution in [-0.2, 0) is 4.74 Å². The predicted octanol–water partition coefficient (Wildman–Crippen LogP) is 4.17. The SMILES string of the molecule is CCOC(=O)c1c(C)nc2c(c1C)c(=O)oc1c(C)c3oc(C)c(C)c(=O)c3cc12. The molecule has 7 nitrogen and oxygen atoms in total. The Bertz CT molecular complexity index is 1510. The summed E-state index contributed by atoms with van der Waals surface area (Å²) in [5.41, 5.74) is 2.52. The third-order valence-corrected chi connectivity index (χ3v) is 5.59. The van der Waals surface area contributed by atoms with Crippen molar-refractivity contribution in [3.63, 3.8) is 0 Å². The van der Waals surface area contributed by atoms with Crippen LogP contribution < -0.4 is 11.1 Å². The zero-order valence-corrected chi connectivity index (χ0v) is 17.7. The molecule has 3 heterocycles. The fourth-order valence-corrected chi connectivity index (χ4v) is 3.93. The zero-order chi connectivity index (χ0) is 21.9. The highest BCUT2D eigenvalue weighted by atomic mass is 16.5. The van der Waals surface area contributed by atoms with Gasteiger partial charge in [-0.05, 0) is 53.2 Å². The first kappa shape index (κ1) is 19.8. The number of carbonyl (C=O) groups is 1. The number of esters is 1. The van der Waals surface area contributed by atoms with Gasteiger partial charge >= 0.3 is 11.6 Å². The number of nitrogens with zero attached hydrogens (tertiary/aromatic N) is 1. The van der Waals surface area contributed by atoms with E-state index in [2.05, 4.69) is 4.98 Å². The number of hydrogen-bond donors (Lipinski definition) is 0. The van der Waals surface area contributed by atoms with Crippen LogP contribution in [0.15, 0.2) is 24.5 Å². The van der Waals surface area contributed by atoms with Crippen LogP contribution in [0.4, 0.5) is 0 Å². The standard InChI is InChI=1S/C23H21NO6/c1-7-28-22(26)16-10(3)17-18(24-12(16)5)14-8-15-19(25)9(2)13(6)29-21(15)11(4)20(14)30-23(17)27/h8H,7H2,1-6H3. The molecule has 4 aromatic rings. The van der Waals surface area contributed by atoms with Gasteiger partial charge in [-0.25, -0.2) is 9.59 Å². The lowest BCUT2D eigenvalue weighted by atomic mass is 9.99. The highest BCUT2D eigenvalue weighted by molar-refractivity contribution is 6.10. The molecule has 0 amide bonds. The Kier molecular flexibility index (Phi) is 4.49. The van der Waals surface area contributed by atoms with Gasteiger partial charge in [0.05, 0.1) is 34.2 Å². The minimum absolute atomic E-state index is 0.144. The molecular weight excluding hydrogens is 386 g/mol. The molecule has 1 aromatic carbocycles. The summed E-state index contributed by atoms with van der Waals surface area (Å²) in [6.07, 6.45) is 0. The summed E-state index contributed by atoms with van der Waals surface area (Å²) in [5, 5.41) is 1.11. The molecule has 0 aliphatic carbocycles. The van der Waals surface area contributed by atoms with Gasteiger partial charge in [0.15, 0.2) is 5.43 Å². The number of rotatable bonds is 2. The van der Waals surface area contributed by atoms with E-state index in [0.717, 1.165) is 0 Å². The van der Waals surface area contributed by atoms with Gasteiger partial charge < -0.3 is 13.6 Å². The summed E-state index contributed by atoms with van der Waals surface area (Å²) >= 11 is 0. The molecule has 3 aromatic heterocycles. The fourth-order valence-electron chi connectivity index (χ4n) is 3.93. The van der Waals surface area contributed by atoms with E-state index in [9.17, 15) is 14.4 Å². The van der Waals surface area contributed by atoms with Crippen molar-refractivity contribution in [2.24, 2.45) is 0 Å². The molecule has 0 fully saturated rings. The van der Waals surface area contributed by atoms with E-state index in [-0.39, 0.29) is 23.0 Å². The van der Waals surface area contributed by atoms with Gasteiger partial charge in [0.2, 0.25) is 0 Å². The summed E-state index contributed by atoms with van der Waals surface area (Å²) in [5.74, 6) is -0.0233. The zero-order valence-electron chi connectivity index (χ0n) is 17.7. The largest absolute Gasteiger partial charge is 0.462 e. The van der Waals surface area contributed by atoms with E-state index in [1.165, 1.54) is 0 Å². The molecule has 7 heteroatoms. The molecule has 30 heavy (non-hydrogen) atoms. The van der Waals surface area contributed by atoms with Crippen LogP contribution in [0.1, 0.15) is 45.4 Å². The second-order valence-electron chi connectivity index (χ2n) is 7.40. The molecule has 0 saturated heterocycles. The molecule has 0 aliphatic rings. The van der Waals surface area contributed by atoms with Crippen LogP contribution in [-0.4, -0.2) is 17.6 Å². The maximum Gasteiger partial charge on any atom is 0.346 e. The predicted molar refractivity (Wildman–Crippen MR) is 113 cm³/mol. The molecule has 154 valence electrons. The van der Waals surface area contributed by atoms with Crippen LogP contribution in [0.3, 0.4) is 0 Å². The van der Waals surface area contributed by atoms with E-state index in [1.54, 1.807) is 47.6 Å². The lowest BCUT2D eigenvalue weighted by Gasteiger charge is -2.13. The number of hydrogen-bond acceptors (Lipinski definition) is 7. The van der Waals surface area contributed by atoms with E-state index in [0.29, 0.717) is 55.6 Å². The fraction of sp³-hybridized carbons (Fsp3) is 0.304. The van der Waals surface area contributed by atoms with Gasteiger partial charge in [-0.2, -0.15) is 0 Å². The van der Waals surface area contributed by atoms with E-state index >= 15 is 0 Å². The average molecular weight is 407 g/mol. The summed E-state index contributed by atoms with van der Waals surface area (Å²) in [6, 6.07) is 1.65. The van der Waals surface area contributed by atoms with Crippen molar-refractivity contribution in [2.75, 3.05) is 6.61 Å². The number of benzene rings is 1. The van der Waals surface area contributed by atoms with E-state index < -0.39 is 11.6 Å². The molecule has 4 rings (SSSR count). The minimum atomic E-state index is -0.610. The second-order valence-corrected chi connectivity index (χ2v) is 7.40. The first-order valence-electron chi connectivity index (χ1n) is 9.65. The Labute approximate surface area is 171 Å². The Morgan fingerprint density at radius 2 is 1.63 bits per heavy atom. The maximum absolute atomic E-state index is 12.9. The Hall–Kier alpha value is -3.48. The Morgan fingerprint density at radius 3 is 2.30 bits per heavy atom. The maximum atomic E-state index is 12.9. The second kappa shape index (κ2) is 6.79. The van der Waals surface area contributed by atoms with Crippen LogP contribution in [0, 0.1) is 34.6 Å². The molecule has 0 unspecified atom stereocenters. The van der Waals surface area contributed by atoms with Crippen molar-refractivity contribution < 1.29 is 18.4 Å². The molecule has 0 saturated carbocycles. The summed E-state index contributed by atoms with van der Waals surface area (Å²) < 4.78 is 16.6. The molecule has 0 spiro atoms. The Morgan fingerprint density at radius 1 is 0.967 bits per heavy atom. The van der Waals surface area contributed by atoms with Gasteiger partial charge in [-0.3, -0.25) is 9.78 Å². The quantitative estimate of drug-likeness (QED) is 0.213. The number of carbonyl (C=O) groups excluding carboxylic acids is 1. The topological polar surface area (TPSA) is 99.6 Å². The third kappa shape index (κ3) is 2.65. The van der Waals surface area contributed by atoms with Crippen LogP contribution in [0.25, 0.3) is 32.8 Å².